The monoisotopic (exact) mass is 175 g/mol. The Kier molecular flexibility index (Phi) is 1.93. The molecule has 1 aromatic rings. The third-order valence-electron chi connectivity index (χ3n) is 2.27. The van der Waals surface area contributed by atoms with Crippen molar-refractivity contribution in [2.75, 3.05) is 12.3 Å². The summed E-state index contributed by atoms with van der Waals surface area (Å²) in [6, 6.07) is 8.18. The fourth-order valence-electron chi connectivity index (χ4n) is 1.58. The minimum absolute atomic E-state index is 0.265. The average Bonchev–Trinajstić information content (AvgIpc) is 2.53. The second kappa shape index (κ2) is 3.09. The third kappa shape index (κ3) is 1.49. The van der Waals surface area contributed by atoms with Gasteiger partial charge in [-0.25, -0.2) is 0 Å². The second-order valence-electron chi connectivity index (χ2n) is 3.25. The normalized spacial score (nSPS) is 21.0. The first-order chi connectivity index (χ1) is 6.27. The van der Waals surface area contributed by atoms with Gasteiger partial charge in [0.2, 0.25) is 0 Å². The Morgan fingerprint density at radius 1 is 1.46 bits per heavy atom. The van der Waals surface area contributed by atoms with Gasteiger partial charge in [-0.1, -0.05) is 18.2 Å². The van der Waals surface area contributed by atoms with E-state index in [2.05, 4.69) is 10.3 Å². The molecule has 0 spiro atoms. The molecule has 3 N–H and O–H groups in total. The van der Waals surface area contributed by atoms with Crippen molar-refractivity contribution in [2.45, 2.75) is 13.0 Å². The van der Waals surface area contributed by atoms with Crippen molar-refractivity contribution < 1.29 is 0 Å². The SMILES string of the molecule is CC1=NCC(c2ccccc2N)N1. The molecule has 0 bridgehead atoms. The van der Waals surface area contributed by atoms with Gasteiger partial charge in [-0.15, -0.1) is 0 Å². The molecule has 1 heterocycles. The number of amidine groups is 1. The first kappa shape index (κ1) is 8.10. The zero-order valence-corrected chi connectivity index (χ0v) is 7.62. The molecule has 1 atom stereocenters. The number of nitrogen functional groups attached to an aromatic ring is 1. The summed E-state index contributed by atoms with van der Waals surface area (Å²) in [5, 5.41) is 3.28. The predicted octanol–water partition coefficient (Wildman–Crippen LogP) is 1.33. The van der Waals surface area contributed by atoms with Crippen LogP contribution in [0.4, 0.5) is 5.69 Å². The summed E-state index contributed by atoms with van der Waals surface area (Å²) in [5.41, 5.74) is 7.83. The van der Waals surface area contributed by atoms with Gasteiger partial charge < -0.3 is 11.1 Å². The first-order valence-corrected chi connectivity index (χ1v) is 4.39. The Labute approximate surface area is 77.7 Å². The number of para-hydroxylation sites is 1. The van der Waals surface area contributed by atoms with E-state index in [1.165, 1.54) is 0 Å². The Morgan fingerprint density at radius 3 is 2.85 bits per heavy atom. The van der Waals surface area contributed by atoms with Crippen LogP contribution in [0, 0.1) is 0 Å². The van der Waals surface area contributed by atoms with Gasteiger partial charge in [-0.2, -0.15) is 0 Å². The zero-order valence-electron chi connectivity index (χ0n) is 7.62. The maximum absolute atomic E-state index is 5.85. The summed E-state index contributed by atoms with van der Waals surface area (Å²) < 4.78 is 0. The van der Waals surface area contributed by atoms with E-state index < -0.39 is 0 Å². The molecule has 3 heteroatoms. The van der Waals surface area contributed by atoms with E-state index in [4.69, 9.17) is 5.73 Å². The summed E-state index contributed by atoms with van der Waals surface area (Å²) in [5.74, 6) is 0.994. The number of nitrogens with zero attached hydrogens (tertiary/aromatic N) is 1. The maximum Gasteiger partial charge on any atom is 0.0938 e. The fraction of sp³-hybridized carbons (Fsp3) is 0.300. The van der Waals surface area contributed by atoms with Crippen LogP contribution >= 0.6 is 0 Å². The Hall–Kier alpha value is -1.51. The van der Waals surface area contributed by atoms with Crippen LogP contribution in [-0.4, -0.2) is 12.4 Å². The van der Waals surface area contributed by atoms with Gasteiger partial charge in [-0.05, 0) is 18.6 Å². The predicted molar refractivity (Wildman–Crippen MR) is 54.7 cm³/mol. The number of anilines is 1. The molecule has 2 rings (SSSR count). The standard InChI is InChI=1S/C10H13N3/c1-7-12-6-10(13-7)8-4-2-3-5-9(8)11/h2-5,10H,6,11H2,1H3,(H,12,13). The van der Waals surface area contributed by atoms with Crippen LogP contribution in [0.25, 0.3) is 0 Å². The molecular formula is C10H13N3. The highest BCUT2D eigenvalue weighted by molar-refractivity contribution is 5.82. The molecule has 1 aliphatic rings. The second-order valence-corrected chi connectivity index (χ2v) is 3.25. The molecule has 3 nitrogen and oxygen atoms in total. The lowest BCUT2D eigenvalue weighted by molar-refractivity contribution is 0.711. The van der Waals surface area contributed by atoms with Crippen molar-refractivity contribution in [3.8, 4) is 0 Å². The largest absolute Gasteiger partial charge is 0.398 e. The van der Waals surface area contributed by atoms with Crippen molar-refractivity contribution in [2.24, 2.45) is 4.99 Å². The number of hydrogen-bond acceptors (Lipinski definition) is 3. The smallest absolute Gasteiger partial charge is 0.0938 e. The van der Waals surface area contributed by atoms with Crippen LogP contribution in [0.5, 0.6) is 0 Å². The van der Waals surface area contributed by atoms with E-state index in [0.29, 0.717) is 0 Å². The highest BCUT2D eigenvalue weighted by atomic mass is 15.1. The van der Waals surface area contributed by atoms with Crippen molar-refractivity contribution in [3.05, 3.63) is 29.8 Å². The van der Waals surface area contributed by atoms with E-state index in [1.54, 1.807) is 0 Å². The molecule has 68 valence electrons. The van der Waals surface area contributed by atoms with Gasteiger partial charge >= 0.3 is 0 Å². The molecule has 0 radical (unpaired) electrons. The fourth-order valence-corrected chi connectivity index (χ4v) is 1.58. The maximum atomic E-state index is 5.85. The average molecular weight is 175 g/mol. The Balaban J connectivity index is 2.23. The van der Waals surface area contributed by atoms with Gasteiger partial charge in [0.15, 0.2) is 0 Å². The molecule has 0 fully saturated rings. The summed E-state index contributed by atoms with van der Waals surface area (Å²) in [6.45, 7) is 2.76. The van der Waals surface area contributed by atoms with Crippen molar-refractivity contribution in [1.82, 2.24) is 5.32 Å². The van der Waals surface area contributed by atoms with Crippen molar-refractivity contribution >= 4 is 11.5 Å². The summed E-state index contributed by atoms with van der Waals surface area (Å²) in [6.07, 6.45) is 0. The minimum Gasteiger partial charge on any atom is -0.398 e. The molecule has 1 unspecified atom stereocenters. The van der Waals surface area contributed by atoms with Crippen molar-refractivity contribution in [3.63, 3.8) is 0 Å². The topological polar surface area (TPSA) is 50.4 Å². The van der Waals surface area contributed by atoms with Crippen LogP contribution in [0.3, 0.4) is 0 Å². The molecule has 0 amide bonds. The lowest BCUT2D eigenvalue weighted by Crippen LogP contribution is -2.21. The van der Waals surface area contributed by atoms with E-state index in [0.717, 1.165) is 23.6 Å². The van der Waals surface area contributed by atoms with E-state index in [1.807, 2.05) is 31.2 Å². The van der Waals surface area contributed by atoms with Gasteiger partial charge in [0, 0.05) is 5.69 Å². The highest BCUT2D eigenvalue weighted by Gasteiger charge is 2.17. The number of hydrogen-bond donors (Lipinski definition) is 2. The van der Waals surface area contributed by atoms with Crippen molar-refractivity contribution in [1.29, 1.82) is 0 Å². The lowest BCUT2D eigenvalue weighted by Gasteiger charge is -2.13. The molecule has 0 saturated carbocycles. The molecule has 0 aromatic heterocycles. The van der Waals surface area contributed by atoms with Gasteiger partial charge in [0.1, 0.15) is 0 Å². The van der Waals surface area contributed by atoms with Gasteiger partial charge in [0.25, 0.3) is 0 Å². The molecular weight excluding hydrogens is 162 g/mol. The quantitative estimate of drug-likeness (QED) is 0.633. The number of rotatable bonds is 1. The summed E-state index contributed by atoms with van der Waals surface area (Å²) >= 11 is 0. The van der Waals surface area contributed by atoms with E-state index >= 15 is 0 Å². The van der Waals surface area contributed by atoms with E-state index in [-0.39, 0.29) is 6.04 Å². The summed E-state index contributed by atoms with van der Waals surface area (Å²) in [7, 11) is 0. The lowest BCUT2D eigenvalue weighted by atomic mass is 10.1. The number of nitrogens with two attached hydrogens (primary N) is 1. The molecule has 0 aliphatic carbocycles. The van der Waals surface area contributed by atoms with E-state index in [9.17, 15) is 0 Å². The number of benzene rings is 1. The van der Waals surface area contributed by atoms with Crippen LogP contribution in [0.1, 0.15) is 18.5 Å². The van der Waals surface area contributed by atoms with Crippen LogP contribution < -0.4 is 11.1 Å². The molecule has 0 saturated heterocycles. The minimum atomic E-state index is 0.265. The molecule has 1 aromatic carbocycles. The van der Waals surface area contributed by atoms with Gasteiger partial charge in [0.05, 0.1) is 18.4 Å². The number of nitrogens with one attached hydrogen (secondary N) is 1. The highest BCUT2D eigenvalue weighted by Crippen LogP contribution is 2.22. The Bertz CT molecular complexity index is 344. The Morgan fingerprint density at radius 2 is 2.23 bits per heavy atom. The number of aliphatic imine (C=N–C) groups is 1. The third-order valence-corrected chi connectivity index (χ3v) is 2.27. The zero-order chi connectivity index (χ0) is 9.26. The van der Waals surface area contributed by atoms with Gasteiger partial charge in [-0.3, -0.25) is 4.99 Å². The molecule has 13 heavy (non-hydrogen) atoms. The first-order valence-electron chi connectivity index (χ1n) is 4.39. The molecule has 1 aliphatic heterocycles. The summed E-state index contributed by atoms with van der Waals surface area (Å²) in [4.78, 5) is 4.29. The van der Waals surface area contributed by atoms with Crippen LogP contribution in [0.2, 0.25) is 0 Å². The van der Waals surface area contributed by atoms with Crippen LogP contribution in [0.15, 0.2) is 29.3 Å². The van der Waals surface area contributed by atoms with Crippen LogP contribution in [-0.2, 0) is 0 Å².